The van der Waals surface area contributed by atoms with Crippen molar-refractivity contribution in [2.24, 2.45) is 0 Å². The molecule has 5 nitrogen and oxygen atoms in total. The van der Waals surface area contributed by atoms with Gasteiger partial charge in [0.2, 0.25) is 0 Å². The number of aromatic nitrogens is 2. The predicted molar refractivity (Wildman–Crippen MR) is 106 cm³/mol. The molecule has 1 aromatic heterocycles. The van der Waals surface area contributed by atoms with Crippen LogP contribution in [0.15, 0.2) is 67.0 Å². The van der Waals surface area contributed by atoms with E-state index in [4.69, 9.17) is 0 Å². The van der Waals surface area contributed by atoms with E-state index in [2.05, 4.69) is 59.4 Å². The van der Waals surface area contributed by atoms with Gasteiger partial charge in [0.05, 0.1) is 0 Å². The molecular weight excluding hydrogens is 336 g/mol. The van der Waals surface area contributed by atoms with Gasteiger partial charge in [0, 0.05) is 45.1 Å². The lowest BCUT2D eigenvalue weighted by molar-refractivity contribution is 0.134. The van der Waals surface area contributed by atoms with Gasteiger partial charge in [-0.15, -0.1) is 0 Å². The fourth-order valence-electron chi connectivity index (χ4n) is 3.55. The Labute approximate surface area is 159 Å². The smallest absolute Gasteiger partial charge is 0.320 e. The van der Waals surface area contributed by atoms with Crippen LogP contribution >= 0.6 is 0 Å². The van der Waals surface area contributed by atoms with Crippen molar-refractivity contribution in [1.82, 2.24) is 19.6 Å². The van der Waals surface area contributed by atoms with Crippen LogP contribution in [0.2, 0.25) is 0 Å². The first-order valence-electron chi connectivity index (χ1n) is 9.37. The van der Waals surface area contributed by atoms with E-state index in [1.54, 1.807) is 18.5 Å². The number of hydrogen-bond donors (Lipinski definition) is 0. The van der Waals surface area contributed by atoms with Gasteiger partial charge in [0.25, 0.3) is 0 Å². The zero-order chi connectivity index (χ0) is 18.6. The molecule has 0 radical (unpaired) electrons. The third kappa shape index (κ3) is 3.93. The van der Waals surface area contributed by atoms with Crippen molar-refractivity contribution in [3.05, 3.63) is 78.1 Å². The van der Waals surface area contributed by atoms with Gasteiger partial charge in [-0.1, -0.05) is 48.5 Å². The molecule has 3 aromatic rings. The molecule has 0 aliphatic carbocycles. The van der Waals surface area contributed by atoms with E-state index in [9.17, 15) is 4.79 Å². The minimum atomic E-state index is -0.0388. The first kappa shape index (κ1) is 17.5. The van der Waals surface area contributed by atoms with Crippen molar-refractivity contribution in [3.8, 4) is 11.1 Å². The summed E-state index contributed by atoms with van der Waals surface area (Å²) in [6, 6.07) is 18.9. The Balaban J connectivity index is 1.37. The molecule has 0 spiro atoms. The minimum absolute atomic E-state index is 0.0388. The predicted octanol–water partition coefficient (Wildman–Crippen LogP) is 3.64. The molecule has 27 heavy (non-hydrogen) atoms. The normalized spacial score (nSPS) is 15.1. The third-order valence-corrected chi connectivity index (χ3v) is 5.19. The van der Waals surface area contributed by atoms with Crippen LogP contribution in [0.25, 0.3) is 11.1 Å². The molecule has 1 aliphatic rings. The van der Waals surface area contributed by atoms with Gasteiger partial charge in [-0.25, -0.2) is 4.79 Å². The highest BCUT2D eigenvalue weighted by Gasteiger charge is 2.22. The third-order valence-electron chi connectivity index (χ3n) is 5.19. The van der Waals surface area contributed by atoms with Crippen molar-refractivity contribution >= 4 is 6.03 Å². The second-order valence-electron chi connectivity index (χ2n) is 7.00. The number of amides is 1. The zero-order valence-corrected chi connectivity index (χ0v) is 15.6. The van der Waals surface area contributed by atoms with E-state index in [0.717, 1.165) is 32.7 Å². The lowest BCUT2D eigenvalue weighted by Gasteiger charge is -2.34. The van der Waals surface area contributed by atoms with E-state index < -0.39 is 0 Å². The van der Waals surface area contributed by atoms with Gasteiger partial charge in [-0.3, -0.25) is 4.90 Å². The molecule has 1 fully saturated rings. The van der Waals surface area contributed by atoms with Crippen LogP contribution in [0.3, 0.4) is 0 Å². The monoisotopic (exact) mass is 360 g/mol. The maximum Gasteiger partial charge on any atom is 0.344 e. The standard InChI is InChI=1S/C22H24N4O/c1-18-16-20(19-6-3-2-4-7-19)8-9-21(18)17-24-12-14-25(15-13-24)22(27)26-11-5-10-23-26/h2-11,16H,12-15,17H2,1H3. The van der Waals surface area contributed by atoms with Gasteiger partial charge in [0.15, 0.2) is 0 Å². The molecule has 1 amide bonds. The van der Waals surface area contributed by atoms with Crippen LogP contribution in [-0.4, -0.2) is 51.8 Å². The van der Waals surface area contributed by atoms with E-state index in [1.165, 1.54) is 26.9 Å². The SMILES string of the molecule is Cc1cc(-c2ccccc2)ccc1CN1CCN(C(=O)n2cccn2)CC1. The van der Waals surface area contributed by atoms with E-state index in [1.807, 2.05) is 11.0 Å². The number of hydrogen-bond acceptors (Lipinski definition) is 3. The number of aryl methyl sites for hydroxylation is 1. The molecule has 0 bridgehead atoms. The van der Waals surface area contributed by atoms with Crippen LogP contribution < -0.4 is 0 Å². The lowest BCUT2D eigenvalue weighted by Crippen LogP contribution is -2.49. The van der Waals surface area contributed by atoms with E-state index >= 15 is 0 Å². The fourth-order valence-corrected chi connectivity index (χ4v) is 3.55. The molecule has 0 saturated carbocycles. The number of carbonyl (C=O) groups is 1. The van der Waals surface area contributed by atoms with Gasteiger partial charge in [0.1, 0.15) is 0 Å². The van der Waals surface area contributed by atoms with Crippen LogP contribution in [0, 0.1) is 6.92 Å². The maximum absolute atomic E-state index is 12.4. The van der Waals surface area contributed by atoms with Crippen LogP contribution in [0.1, 0.15) is 11.1 Å². The van der Waals surface area contributed by atoms with Crippen molar-refractivity contribution in [2.75, 3.05) is 26.2 Å². The highest BCUT2D eigenvalue weighted by molar-refractivity contribution is 5.75. The number of nitrogens with zero attached hydrogens (tertiary/aromatic N) is 4. The first-order chi connectivity index (χ1) is 13.2. The van der Waals surface area contributed by atoms with Crippen LogP contribution in [-0.2, 0) is 6.54 Å². The van der Waals surface area contributed by atoms with Gasteiger partial charge < -0.3 is 4.90 Å². The summed E-state index contributed by atoms with van der Waals surface area (Å²) in [5, 5.41) is 4.03. The Morgan fingerprint density at radius 3 is 2.41 bits per heavy atom. The Morgan fingerprint density at radius 2 is 1.74 bits per heavy atom. The number of piperazine rings is 1. The Morgan fingerprint density at radius 1 is 0.963 bits per heavy atom. The summed E-state index contributed by atoms with van der Waals surface area (Å²) in [6.45, 7) is 6.34. The number of benzene rings is 2. The summed E-state index contributed by atoms with van der Waals surface area (Å²) in [5.41, 5.74) is 5.16. The van der Waals surface area contributed by atoms with Crippen molar-refractivity contribution in [2.45, 2.75) is 13.5 Å². The Kier molecular flexibility index (Phi) is 5.03. The van der Waals surface area contributed by atoms with Gasteiger partial charge in [-0.05, 0) is 35.2 Å². The van der Waals surface area contributed by atoms with Crippen molar-refractivity contribution in [1.29, 1.82) is 0 Å². The van der Waals surface area contributed by atoms with Crippen molar-refractivity contribution in [3.63, 3.8) is 0 Å². The van der Waals surface area contributed by atoms with Gasteiger partial charge >= 0.3 is 6.03 Å². The molecule has 138 valence electrons. The maximum atomic E-state index is 12.4. The molecule has 2 heterocycles. The summed E-state index contributed by atoms with van der Waals surface area (Å²) in [6.07, 6.45) is 3.34. The zero-order valence-electron chi connectivity index (χ0n) is 15.6. The van der Waals surface area contributed by atoms with E-state index in [-0.39, 0.29) is 6.03 Å². The summed E-state index contributed by atoms with van der Waals surface area (Å²) in [7, 11) is 0. The van der Waals surface area contributed by atoms with E-state index in [0.29, 0.717) is 0 Å². The Hall–Kier alpha value is -2.92. The Bertz CT molecular complexity index is 897. The second-order valence-corrected chi connectivity index (χ2v) is 7.00. The molecule has 5 heteroatoms. The average Bonchev–Trinajstić information content (AvgIpc) is 3.25. The topological polar surface area (TPSA) is 41.4 Å². The van der Waals surface area contributed by atoms with Crippen molar-refractivity contribution < 1.29 is 4.79 Å². The largest absolute Gasteiger partial charge is 0.344 e. The minimum Gasteiger partial charge on any atom is -0.320 e. The van der Waals surface area contributed by atoms with Crippen LogP contribution in [0.4, 0.5) is 4.79 Å². The molecule has 4 rings (SSSR count). The summed E-state index contributed by atoms with van der Waals surface area (Å²) in [5.74, 6) is 0. The number of rotatable bonds is 3. The molecular formula is C22H24N4O. The molecule has 0 unspecified atom stereocenters. The quantitative estimate of drug-likeness (QED) is 0.716. The summed E-state index contributed by atoms with van der Waals surface area (Å²) >= 11 is 0. The lowest BCUT2D eigenvalue weighted by atomic mass is 9.99. The van der Waals surface area contributed by atoms with Crippen LogP contribution in [0.5, 0.6) is 0 Å². The second kappa shape index (κ2) is 7.76. The molecule has 1 aliphatic heterocycles. The average molecular weight is 360 g/mol. The highest BCUT2D eigenvalue weighted by Crippen LogP contribution is 2.23. The first-order valence-corrected chi connectivity index (χ1v) is 9.37. The molecule has 2 aromatic carbocycles. The molecule has 1 saturated heterocycles. The molecule has 0 atom stereocenters. The molecule has 0 N–H and O–H groups in total. The fraction of sp³-hybridized carbons (Fsp3) is 0.273. The highest BCUT2D eigenvalue weighted by atomic mass is 16.2. The number of carbonyl (C=O) groups excluding carboxylic acids is 1. The van der Waals surface area contributed by atoms with Gasteiger partial charge in [-0.2, -0.15) is 9.78 Å². The summed E-state index contributed by atoms with van der Waals surface area (Å²) < 4.78 is 1.40. The summed E-state index contributed by atoms with van der Waals surface area (Å²) in [4.78, 5) is 16.6.